The van der Waals surface area contributed by atoms with Crippen LogP contribution in [-0.2, 0) is 0 Å². The van der Waals surface area contributed by atoms with E-state index in [0.717, 1.165) is 0 Å². The molecule has 0 radical (unpaired) electrons. The predicted octanol–water partition coefficient (Wildman–Crippen LogP) is 1.78. The summed E-state index contributed by atoms with van der Waals surface area (Å²) in [6.07, 6.45) is 0. The second-order valence-electron chi connectivity index (χ2n) is 4.01. The number of benzene rings is 1. The molecule has 3 N–H and O–H groups in total. The number of hydrazine groups is 1. The smallest absolute Gasteiger partial charge is 0.311 e. The van der Waals surface area contributed by atoms with Gasteiger partial charge in [-0.05, 0) is 13.0 Å². The Balaban J connectivity index is 2.42. The van der Waals surface area contributed by atoms with Crippen LogP contribution in [0.3, 0.4) is 0 Å². The number of aryl methyl sites for hydroxylation is 1. The third kappa shape index (κ3) is 3.34. The van der Waals surface area contributed by atoms with Crippen molar-refractivity contribution < 1.29 is 14.4 Å². The van der Waals surface area contributed by atoms with Crippen molar-refractivity contribution in [3.05, 3.63) is 40.1 Å². The summed E-state index contributed by atoms with van der Waals surface area (Å²) in [5.74, 6) is 5.97. The largest absolute Gasteiger partial charge is 0.497 e. The van der Waals surface area contributed by atoms with E-state index in [1.807, 2.05) is 0 Å². The van der Waals surface area contributed by atoms with Gasteiger partial charge in [-0.25, -0.2) is 10.8 Å². The molecule has 0 saturated heterocycles. The molecule has 0 saturated carbocycles. The Labute approximate surface area is 119 Å². The van der Waals surface area contributed by atoms with E-state index in [4.69, 9.17) is 15.3 Å². The summed E-state index contributed by atoms with van der Waals surface area (Å²) in [6, 6.07) is 5.71. The van der Waals surface area contributed by atoms with Crippen molar-refractivity contribution in [1.82, 2.24) is 9.97 Å². The van der Waals surface area contributed by atoms with Crippen molar-refractivity contribution in [1.29, 1.82) is 0 Å². The molecule has 2 rings (SSSR count). The van der Waals surface area contributed by atoms with Gasteiger partial charge in [0.2, 0.25) is 17.6 Å². The standard InChI is InChI=1S/C12H13N5O4/c1-7-5-11(15-12(14-7)16-13)21-10-6-8(20-2)3-4-9(10)17(18)19/h3-6H,13H2,1-2H3,(H,14,15,16). The second-order valence-corrected chi connectivity index (χ2v) is 4.01. The average molecular weight is 291 g/mol. The molecule has 0 fully saturated rings. The van der Waals surface area contributed by atoms with Gasteiger partial charge < -0.3 is 9.47 Å². The van der Waals surface area contributed by atoms with E-state index in [1.54, 1.807) is 6.92 Å². The molecule has 0 spiro atoms. The number of nitrogens with two attached hydrogens (primary N) is 1. The quantitative estimate of drug-likeness (QED) is 0.485. The van der Waals surface area contributed by atoms with Crippen LogP contribution in [-0.4, -0.2) is 22.0 Å². The molecule has 110 valence electrons. The van der Waals surface area contributed by atoms with Crippen LogP contribution in [0.2, 0.25) is 0 Å². The average Bonchev–Trinajstić information content (AvgIpc) is 2.46. The Morgan fingerprint density at radius 2 is 2.10 bits per heavy atom. The van der Waals surface area contributed by atoms with Crippen LogP contribution >= 0.6 is 0 Å². The molecule has 1 heterocycles. The van der Waals surface area contributed by atoms with Crippen LogP contribution in [0.1, 0.15) is 5.69 Å². The molecule has 0 aliphatic carbocycles. The van der Waals surface area contributed by atoms with Crippen LogP contribution in [0.25, 0.3) is 0 Å². The van der Waals surface area contributed by atoms with Gasteiger partial charge in [-0.1, -0.05) is 0 Å². The molecule has 21 heavy (non-hydrogen) atoms. The van der Waals surface area contributed by atoms with E-state index in [2.05, 4.69) is 15.4 Å². The van der Waals surface area contributed by atoms with Crippen molar-refractivity contribution in [3.8, 4) is 17.4 Å². The van der Waals surface area contributed by atoms with E-state index >= 15 is 0 Å². The van der Waals surface area contributed by atoms with Gasteiger partial charge in [-0.15, -0.1) is 0 Å². The normalized spacial score (nSPS) is 10.0. The zero-order chi connectivity index (χ0) is 15.4. The Bertz CT molecular complexity index is 677. The highest BCUT2D eigenvalue weighted by atomic mass is 16.6. The van der Waals surface area contributed by atoms with Crippen molar-refractivity contribution in [2.24, 2.45) is 5.84 Å². The van der Waals surface area contributed by atoms with E-state index in [-0.39, 0.29) is 23.3 Å². The summed E-state index contributed by atoms with van der Waals surface area (Å²) < 4.78 is 10.5. The summed E-state index contributed by atoms with van der Waals surface area (Å²) >= 11 is 0. The minimum atomic E-state index is -0.551. The van der Waals surface area contributed by atoms with Gasteiger partial charge in [0, 0.05) is 23.9 Å². The first kappa shape index (κ1) is 14.5. The Kier molecular flexibility index (Phi) is 4.14. The maximum Gasteiger partial charge on any atom is 0.311 e. The Hall–Kier alpha value is -2.94. The van der Waals surface area contributed by atoms with E-state index in [1.165, 1.54) is 31.4 Å². The lowest BCUT2D eigenvalue weighted by Gasteiger charge is -2.09. The number of anilines is 1. The molecule has 2 aromatic rings. The van der Waals surface area contributed by atoms with Crippen molar-refractivity contribution in [3.63, 3.8) is 0 Å². The number of nitrogen functional groups attached to an aromatic ring is 1. The fraction of sp³-hybridized carbons (Fsp3) is 0.167. The van der Waals surface area contributed by atoms with E-state index < -0.39 is 4.92 Å². The molecule has 1 aromatic heterocycles. The van der Waals surface area contributed by atoms with Crippen molar-refractivity contribution >= 4 is 11.6 Å². The lowest BCUT2D eigenvalue weighted by atomic mass is 10.3. The van der Waals surface area contributed by atoms with Crippen molar-refractivity contribution in [2.75, 3.05) is 12.5 Å². The predicted molar refractivity (Wildman–Crippen MR) is 74.3 cm³/mol. The maximum absolute atomic E-state index is 11.0. The first-order valence-electron chi connectivity index (χ1n) is 5.86. The Morgan fingerprint density at radius 3 is 2.71 bits per heavy atom. The molecule has 0 amide bonds. The zero-order valence-electron chi connectivity index (χ0n) is 11.4. The molecule has 0 atom stereocenters. The topological polar surface area (TPSA) is 125 Å². The van der Waals surface area contributed by atoms with Gasteiger partial charge in [0.05, 0.1) is 12.0 Å². The number of hydrogen-bond acceptors (Lipinski definition) is 8. The third-order valence-corrected chi connectivity index (χ3v) is 2.54. The number of nitro benzene ring substituents is 1. The van der Waals surface area contributed by atoms with Gasteiger partial charge in [0.15, 0.2) is 0 Å². The summed E-state index contributed by atoms with van der Waals surface area (Å²) in [4.78, 5) is 18.4. The lowest BCUT2D eigenvalue weighted by Crippen LogP contribution is -2.11. The SMILES string of the molecule is COc1ccc([N+](=O)[O-])c(Oc2cc(C)nc(NN)n2)c1. The lowest BCUT2D eigenvalue weighted by molar-refractivity contribution is -0.385. The first-order chi connectivity index (χ1) is 10.0. The van der Waals surface area contributed by atoms with Gasteiger partial charge in [0.1, 0.15) is 5.75 Å². The summed E-state index contributed by atoms with van der Waals surface area (Å²) in [5.41, 5.74) is 2.69. The number of nitrogens with zero attached hydrogens (tertiary/aromatic N) is 3. The van der Waals surface area contributed by atoms with Gasteiger partial charge >= 0.3 is 5.69 Å². The van der Waals surface area contributed by atoms with E-state index in [0.29, 0.717) is 11.4 Å². The van der Waals surface area contributed by atoms with Crippen LogP contribution in [0.15, 0.2) is 24.3 Å². The number of ether oxygens (including phenoxy) is 2. The number of rotatable bonds is 5. The molecule has 9 heteroatoms. The molecule has 9 nitrogen and oxygen atoms in total. The zero-order valence-corrected chi connectivity index (χ0v) is 11.4. The van der Waals surface area contributed by atoms with Crippen molar-refractivity contribution in [2.45, 2.75) is 6.92 Å². The first-order valence-corrected chi connectivity index (χ1v) is 5.86. The van der Waals surface area contributed by atoms with Crippen LogP contribution in [0.5, 0.6) is 17.4 Å². The van der Waals surface area contributed by atoms with Gasteiger partial charge in [-0.2, -0.15) is 4.98 Å². The summed E-state index contributed by atoms with van der Waals surface area (Å²) in [7, 11) is 1.45. The number of nitro groups is 1. The molecule has 1 aromatic carbocycles. The maximum atomic E-state index is 11.0. The number of methoxy groups -OCH3 is 1. The number of hydrogen-bond donors (Lipinski definition) is 2. The summed E-state index contributed by atoms with van der Waals surface area (Å²) in [5, 5.41) is 11.0. The molecular weight excluding hydrogens is 278 g/mol. The highest BCUT2D eigenvalue weighted by Crippen LogP contribution is 2.34. The highest BCUT2D eigenvalue weighted by molar-refractivity contribution is 5.52. The number of nitrogens with one attached hydrogen (secondary N) is 1. The van der Waals surface area contributed by atoms with Gasteiger partial charge in [0.25, 0.3) is 0 Å². The van der Waals surface area contributed by atoms with E-state index in [9.17, 15) is 10.1 Å². The van der Waals surface area contributed by atoms with Crippen LogP contribution in [0.4, 0.5) is 11.6 Å². The van der Waals surface area contributed by atoms with Gasteiger partial charge in [-0.3, -0.25) is 15.5 Å². The summed E-state index contributed by atoms with van der Waals surface area (Å²) in [6.45, 7) is 1.72. The Morgan fingerprint density at radius 1 is 1.33 bits per heavy atom. The molecular formula is C12H13N5O4. The highest BCUT2D eigenvalue weighted by Gasteiger charge is 2.18. The fourth-order valence-electron chi connectivity index (χ4n) is 1.62. The minimum absolute atomic E-state index is 0.0143. The molecule has 0 aliphatic rings. The molecule has 0 unspecified atom stereocenters. The number of aromatic nitrogens is 2. The van der Waals surface area contributed by atoms with Crippen LogP contribution < -0.4 is 20.7 Å². The second kappa shape index (κ2) is 6.01. The molecule has 0 aliphatic heterocycles. The minimum Gasteiger partial charge on any atom is -0.497 e. The monoisotopic (exact) mass is 291 g/mol. The van der Waals surface area contributed by atoms with Crippen LogP contribution in [0, 0.1) is 17.0 Å². The third-order valence-electron chi connectivity index (χ3n) is 2.54. The fourth-order valence-corrected chi connectivity index (χ4v) is 1.62. The molecule has 0 bridgehead atoms.